The maximum Gasteiger partial charge on any atom is 0.405 e. The Hall–Kier alpha value is -3.38. The summed E-state index contributed by atoms with van der Waals surface area (Å²) < 4.78 is 7.09. The fourth-order valence-corrected chi connectivity index (χ4v) is 4.74. The van der Waals surface area contributed by atoms with Crippen molar-refractivity contribution >= 4 is 33.0 Å². The van der Waals surface area contributed by atoms with Gasteiger partial charge in [0.15, 0.2) is 0 Å². The summed E-state index contributed by atoms with van der Waals surface area (Å²) in [6, 6.07) is 22.5. The number of carbonyl (C=O) groups is 1. The predicted octanol–water partition coefficient (Wildman–Crippen LogP) is 6.54. The number of halogens is 1. The van der Waals surface area contributed by atoms with Gasteiger partial charge in [-0.2, -0.15) is 0 Å². The Morgan fingerprint density at radius 1 is 0.969 bits per heavy atom. The van der Waals surface area contributed by atoms with Crippen LogP contribution >= 0.6 is 15.9 Å². The molecule has 1 amide bonds. The molecule has 0 saturated heterocycles. The van der Waals surface area contributed by atoms with Crippen LogP contribution in [-0.2, 0) is 5.54 Å². The molecule has 1 heterocycles. The molecule has 0 atom stereocenters. The Morgan fingerprint density at radius 2 is 1.69 bits per heavy atom. The minimum absolute atomic E-state index is 0.104. The molecule has 6 heteroatoms. The first-order chi connectivity index (χ1) is 15.5. The maximum atomic E-state index is 13.6. The first kappa shape index (κ1) is 20.5. The summed E-state index contributed by atoms with van der Waals surface area (Å²) in [6.45, 7) is 0. The Bertz CT molecular complexity index is 1370. The van der Waals surface area contributed by atoms with E-state index in [-0.39, 0.29) is 5.43 Å². The zero-order valence-electron chi connectivity index (χ0n) is 17.1. The molecule has 0 radical (unpaired) electrons. The quantitative estimate of drug-likeness (QED) is 0.341. The largest absolute Gasteiger partial charge is 0.465 e. The molecule has 5 nitrogen and oxygen atoms in total. The van der Waals surface area contributed by atoms with E-state index in [1.165, 1.54) is 0 Å². The molecule has 4 aromatic rings. The number of hydrogen-bond donors (Lipinski definition) is 2. The summed E-state index contributed by atoms with van der Waals surface area (Å²) in [5, 5.41) is 12.4. The van der Waals surface area contributed by atoms with E-state index >= 15 is 0 Å². The van der Waals surface area contributed by atoms with E-state index in [1.54, 1.807) is 12.1 Å². The fraction of sp³-hybridized carbons (Fsp3) is 0.154. The van der Waals surface area contributed by atoms with Crippen molar-refractivity contribution in [1.82, 2.24) is 5.32 Å². The van der Waals surface area contributed by atoms with Gasteiger partial charge in [-0.1, -0.05) is 70.5 Å². The smallest absolute Gasteiger partial charge is 0.405 e. The van der Waals surface area contributed by atoms with Gasteiger partial charge in [0.2, 0.25) is 5.43 Å². The zero-order chi connectivity index (χ0) is 22.3. The Labute approximate surface area is 192 Å². The zero-order valence-corrected chi connectivity index (χ0v) is 18.7. The topological polar surface area (TPSA) is 79.5 Å². The highest BCUT2D eigenvalue weighted by Crippen LogP contribution is 2.42. The van der Waals surface area contributed by atoms with E-state index in [2.05, 4.69) is 21.2 Å². The van der Waals surface area contributed by atoms with Crippen LogP contribution in [-0.4, -0.2) is 11.2 Å². The van der Waals surface area contributed by atoms with Crippen molar-refractivity contribution in [3.8, 4) is 22.5 Å². The van der Waals surface area contributed by atoms with Gasteiger partial charge in [0, 0.05) is 10.0 Å². The average Bonchev–Trinajstić information content (AvgIpc) is 2.77. The minimum atomic E-state index is -1.03. The molecule has 0 aliphatic heterocycles. The highest BCUT2D eigenvalue weighted by atomic mass is 79.9. The van der Waals surface area contributed by atoms with Gasteiger partial charge in [-0.3, -0.25) is 4.79 Å². The first-order valence-corrected chi connectivity index (χ1v) is 11.2. The van der Waals surface area contributed by atoms with E-state index in [4.69, 9.17) is 4.42 Å². The van der Waals surface area contributed by atoms with Crippen LogP contribution < -0.4 is 10.7 Å². The molecule has 32 heavy (non-hydrogen) atoms. The molecule has 1 aromatic heterocycles. The summed E-state index contributed by atoms with van der Waals surface area (Å²) in [6.07, 6.45) is 1.48. The second-order valence-corrected chi connectivity index (χ2v) is 9.00. The molecule has 0 unspecified atom stereocenters. The first-order valence-electron chi connectivity index (χ1n) is 10.4. The molecule has 5 rings (SSSR count). The Balaban J connectivity index is 1.68. The predicted molar refractivity (Wildman–Crippen MR) is 128 cm³/mol. The summed E-state index contributed by atoms with van der Waals surface area (Å²) in [7, 11) is 0. The highest BCUT2D eigenvalue weighted by molar-refractivity contribution is 9.10. The molecule has 1 aliphatic rings. The minimum Gasteiger partial charge on any atom is -0.465 e. The van der Waals surface area contributed by atoms with Crippen molar-refractivity contribution in [2.24, 2.45) is 0 Å². The van der Waals surface area contributed by atoms with Crippen LogP contribution in [0.3, 0.4) is 0 Å². The van der Waals surface area contributed by atoms with Crippen molar-refractivity contribution in [3.63, 3.8) is 0 Å². The molecular formula is C26H20BrNO4. The van der Waals surface area contributed by atoms with E-state index < -0.39 is 11.6 Å². The summed E-state index contributed by atoms with van der Waals surface area (Å²) in [5.41, 5.74) is 2.81. The molecule has 0 bridgehead atoms. The number of benzene rings is 3. The maximum absolute atomic E-state index is 13.6. The molecule has 1 aliphatic carbocycles. The van der Waals surface area contributed by atoms with Crippen LogP contribution in [0.15, 0.2) is 86.5 Å². The molecule has 1 fully saturated rings. The van der Waals surface area contributed by atoms with E-state index in [9.17, 15) is 14.7 Å². The van der Waals surface area contributed by atoms with Gasteiger partial charge in [-0.15, -0.1) is 0 Å². The molecule has 1 saturated carbocycles. The molecular weight excluding hydrogens is 470 g/mol. The lowest BCUT2D eigenvalue weighted by Crippen LogP contribution is -2.50. The lowest BCUT2D eigenvalue weighted by molar-refractivity contribution is 0.144. The van der Waals surface area contributed by atoms with Crippen molar-refractivity contribution < 1.29 is 14.3 Å². The summed E-state index contributed by atoms with van der Waals surface area (Å²) >= 11 is 3.45. The van der Waals surface area contributed by atoms with Crippen LogP contribution in [0.2, 0.25) is 0 Å². The molecule has 3 aromatic carbocycles. The molecule has 160 valence electrons. The van der Waals surface area contributed by atoms with Crippen LogP contribution in [0.25, 0.3) is 33.4 Å². The van der Waals surface area contributed by atoms with Crippen LogP contribution in [0.1, 0.15) is 24.8 Å². The van der Waals surface area contributed by atoms with Gasteiger partial charge in [-0.25, -0.2) is 4.79 Å². The van der Waals surface area contributed by atoms with Crippen molar-refractivity contribution in [2.45, 2.75) is 24.8 Å². The van der Waals surface area contributed by atoms with Crippen molar-refractivity contribution in [2.75, 3.05) is 0 Å². The third-order valence-electron chi connectivity index (χ3n) is 6.17. The monoisotopic (exact) mass is 489 g/mol. The standard InChI is InChI=1S/C26H20BrNO4/c27-19-11-12-20-21(15-19)32-24(17-5-2-1-3-6-17)22(23(20)29)16-7-9-18(10-8-16)26(13-4-14-26)28-25(30)31/h1-3,5-12,15,28H,4,13-14H2,(H,30,31). The third kappa shape index (κ3) is 3.50. The van der Waals surface area contributed by atoms with Gasteiger partial charge in [0.1, 0.15) is 11.3 Å². The number of rotatable bonds is 4. The lowest BCUT2D eigenvalue weighted by Gasteiger charge is -2.42. The number of hydrogen-bond acceptors (Lipinski definition) is 3. The van der Waals surface area contributed by atoms with Gasteiger partial charge in [0.05, 0.1) is 16.5 Å². The Morgan fingerprint density at radius 3 is 2.31 bits per heavy atom. The van der Waals surface area contributed by atoms with Crippen LogP contribution in [0.4, 0.5) is 4.79 Å². The van der Waals surface area contributed by atoms with Crippen LogP contribution in [0.5, 0.6) is 0 Å². The average molecular weight is 490 g/mol. The number of fused-ring (bicyclic) bond motifs is 1. The summed E-state index contributed by atoms with van der Waals surface area (Å²) in [5.74, 6) is 0.510. The van der Waals surface area contributed by atoms with Crippen molar-refractivity contribution in [1.29, 1.82) is 0 Å². The van der Waals surface area contributed by atoms with E-state index in [0.717, 1.165) is 40.4 Å². The number of amides is 1. The molecule has 0 spiro atoms. The van der Waals surface area contributed by atoms with E-state index in [1.807, 2.05) is 60.7 Å². The van der Waals surface area contributed by atoms with E-state index in [0.29, 0.717) is 22.3 Å². The molecule has 2 N–H and O–H groups in total. The summed E-state index contributed by atoms with van der Waals surface area (Å²) in [4.78, 5) is 24.9. The Kier molecular flexibility index (Phi) is 5.10. The van der Waals surface area contributed by atoms with Crippen LogP contribution in [0, 0.1) is 0 Å². The van der Waals surface area contributed by atoms with Gasteiger partial charge in [-0.05, 0) is 48.6 Å². The second-order valence-electron chi connectivity index (χ2n) is 8.08. The van der Waals surface area contributed by atoms with Crippen molar-refractivity contribution in [3.05, 3.63) is 93.1 Å². The third-order valence-corrected chi connectivity index (χ3v) is 6.66. The normalized spacial score (nSPS) is 14.7. The second kappa shape index (κ2) is 7.95. The highest BCUT2D eigenvalue weighted by Gasteiger charge is 2.40. The number of nitrogens with one attached hydrogen (secondary N) is 1. The SMILES string of the molecule is O=C(O)NC1(c2ccc(-c3c(-c4ccccc4)oc4cc(Br)ccc4c3=O)cc2)CCC1. The van der Waals surface area contributed by atoms with Gasteiger partial charge >= 0.3 is 6.09 Å². The lowest BCUT2D eigenvalue weighted by atomic mass is 9.71. The van der Waals surface area contributed by atoms with Gasteiger partial charge in [0.25, 0.3) is 0 Å². The fourth-order valence-electron chi connectivity index (χ4n) is 4.40. The van der Waals surface area contributed by atoms with Gasteiger partial charge < -0.3 is 14.8 Å². The number of carboxylic acid groups (broad SMARTS) is 1.